The molecule has 0 saturated carbocycles. The van der Waals surface area contributed by atoms with Gasteiger partial charge in [0.2, 0.25) is 0 Å². The summed E-state index contributed by atoms with van der Waals surface area (Å²) in [7, 11) is 0. The van der Waals surface area contributed by atoms with Gasteiger partial charge >= 0.3 is 0 Å². The third kappa shape index (κ3) is 7.33. The number of nitriles is 2. The predicted octanol–water partition coefficient (Wildman–Crippen LogP) is 4.52. The Morgan fingerprint density at radius 3 is 2.42 bits per heavy atom. The molecule has 0 aliphatic rings. The van der Waals surface area contributed by atoms with Gasteiger partial charge in [-0.3, -0.25) is 0 Å². The van der Waals surface area contributed by atoms with E-state index in [-0.39, 0.29) is 5.41 Å². The summed E-state index contributed by atoms with van der Waals surface area (Å²) < 4.78 is 11.3. The first kappa shape index (κ1) is 19.1. The van der Waals surface area contributed by atoms with Crippen LogP contribution >= 0.6 is 0 Å². The molecule has 0 fully saturated rings. The van der Waals surface area contributed by atoms with Gasteiger partial charge in [-0.1, -0.05) is 27.0 Å². The summed E-state index contributed by atoms with van der Waals surface area (Å²) >= 11 is 0. The normalized spacial score (nSPS) is 10.7. The fourth-order valence-electron chi connectivity index (χ4n) is 1.71. The van der Waals surface area contributed by atoms with Crippen molar-refractivity contribution in [3.05, 3.63) is 66.5 Å². The number of allylic oxidation sites excluding steroid dienone is 3. The summed E-state index contributed by atoms with van der Waals surface area (Å²) in [6, 6.07) is 11.1. The highest BCUT2D eigenvalue weighted by Gasteiger charge is 2.19. The zero-order valence-corrected chi connectivity index (χ0v) is 14.2. The Labute approximate surface area is 143 Å². The number of ether oxygens (including phenoxy) is 2. The SMILES string of the molecule is C=C(C#N)/C=C\C(=C)OCCC(C)(C)COc1ccc(C#N)cc1. The second-order valence-corrected chi connectivity index (χ2v) is 6.12. The van der Waals surface area contributed by atoms with E-state index in [0.717, 1.165) is 12.2 Å². The van der Waals surface area contributed by atoms with Gasteiger partial charge < -0.3 is 9.47 Å². The largest absolute Gasteiger partial charge is 0.494 e. The van der Waals surface area contributed by atoms with Crippen molar-refractivity contribution in [1.29, 1.82) is 10.5 Å². The standard InChI is InChI=1S/C20H22N2O2/c1-16(13-21)5-6-17(2)23-12-11-20(3,4)15-24-19-9-7-18(14-22)8-10-19/h5-10H,1-2,11-12,15H2,3-4H3/b6-5-. The molecule has 0 radical (unpaired) electrons. The third-order valence-electron chi connectivity index (χ3n) is 3.29. The van der Waals surface area contributed by atoms with Crippen molar-refractivity contribution in [3.63, 3.8) is 0 Å². The maximum Gasteiger partial charge on any atom is 0.119 e. The van der Waals surface area contributed by atoms with E-state index in [2.05, 4.69) is 33.1 Å². The van der Waals surface area contributed by atoms with Crippen molar-refractivity contribution in [2.75, 3.05) is 13.2 Å². The number of rotatable bonds is 9. The second kappa shape index (κ2) is 9.22. The minimum Gasteiger partial charge on any atom is -0.494 e. The van der Waals surface area contributed by atoms with Crippen LogP contribution in [0.2, 0.25) is 0 Å². The monoisotopic (exact) mass is 322 g/mol. The zero-order chi connectivity index (χ0) is 18.0. The highest BCUT2D eigenvalue weighted by atomic mass is 16.5. The number of hydrogen-bond acceptors (Lipinski definition) is 4. The Balaban J connectivity index is 2.36. The number of hydrogen-bond donors (Lipinski definition) is 0. The predicted molar refractivity (Wildman–Crippen MR) is 94.0 cm³/mol. The molecule has 0 spiro atoms. The van der Waals surface area contributed by atoms with Crippen LogP contribution in [0.1, 0.15) is 25.8 Å². The first-order valence-electron chi connectivity index (χ1n) is 7.58. The Kier molecular flexibility index (Phi) is 7.33. The third-order valence-corrected chi connectivity index (χ3v) is 3.29. The summed E-state index contributed by atoms with van der Waals surface area (Å²) in [6.45, 7) is 12.6. The van der Waals surface area contributed by atoms with Crippen molar-refractivity contribution in [3.8, 4) is 17.9 Å². The highest BCUT2D eigenvalue weighted by molar-refractivity contribution is 5.34. The van der Waals surface area contributed by atoms with Gasteiger partial charge in [-0.25, -0.2) is 0 Å². The van der Waals surface area contributed by atoms with Crippen LogP contribution in [0.5, 0.6) is 5.75 Å². The fraction of sp³-hybridized carbons (Fsp3) is 0.300. The van der Waals surface area contributed by atoms with E-state index in [9.17, 15) is 0 Å². The molecule has 1 aromatic carbocycles. The molecule has 0 saturated heterocycles. The lowest BCUT2D eigenvalue weighted by molar-refractivity contribution is 0.122. The first-order chi connectivity index (χ1) is 11.4. The summed E-state index contributed by atoms with van der Waals surface area (Å²) in [5.41, 5.74) is 0.894. The molecule has 1 aromatic rings. The van der Waals surface area contributed by atoms with Crippen LogP contribution < -0.4 is 4.74 Å². The van der Waals surface area contributed by atoms with Crippen LogP contribution in [-0.4, -0.2) is 13.2 Å². The molecule has 0 unspecified atom stereocenters. The molecule has 0 N–H and O–H groups in total. The van der Waals surface area contributed by atoms with Gasteiger partial charge in [0.15, 0.2) is 0 Å². The summed E-state index contributed by atoms with van der Waals surface area (Å²) in [6.07, 6.45) is 3.99. The fourth-order valence-corrected chi connectivity index (χ4v) is 1.71. The lowest BCUT2D eigenvalue weighted by Gasteiger charge is -2.24. The van der Waals surface area contributed by atoms with Crippen molar-refractivity contribution >= 4 is 0 Å². The Morgan fingerprint density at radius 2 is 1.83 bits per heavy atom. The molecule has 0 amide bonds. The number of benzene rings is 1. The molecule has 4 nitrogen and oxygen atoms in total. The molecule has 1 rings (SSSR count). The molecule has 0 aliphatic heterocycles. The van der Waals surface area contributed by atoms with E-state index >= 15 is 0 Å². The Bertz CT molecular complexity index is 686. The average Bonchev–Trinajstić information content (AvgIpc) is 2.58. The van der Waals surface area contributed by atoms with Crippen molar-refractivity contribution in [1.82, 2.24) is 0 Å². The molecule has 24 heavy (non-hydrogen) atoms. The lowest BCUT2D eigenvalue weighted by Crippen LogP contribution is -2.23. The van der Waals surface area contributed by atoms with Gasteiger partial charge in [0.25, 0.3) is 0 Å². The van der Waals surface area contributed by atoms with Crippen LogP contribution in [0.25, 0.3) is 0 Å². The molecule has 0 heterocycles. The van der Waals surface area contributed by atoms with Crippen LogP contribution in [0, 0.1) is 28.1 Å². The van der Waals surface area contributed by atoms with Crippen molar-refractivity contribution in [2.45, 2.75) is 20.3 Å². The van der Waals surface area contributed by atoms with Gasteiger partial charge in [-0.15, -0.1) is 0 Å². The zero-order valence-electron chi connectivity index (χ0n) is 14.2. The number of nitrogens with zero attached hydrogens (tertiary/aromatic N) is 2. The highest BCUT2D eigenvalue weighted by Crippen LogP contribution is 2.23. The summed E-state index contributed by atoms with van der Waals surface area (Å²) in [4.78, 5) is 0. The average molecular weight is 322 g/mol. The molecule has 4 heteroatoms. The van der Waals surface area contributed by atoms with E-state index in [1.54, 1.807) is 36.4 Å². The topological polar surface area (TPSA) is 66.0 Å². The van der Waals surface area contributed by atoms with Crippen molar-refractivity contribution in [2.24, 2.45) is 5.41 Å². The maximum atomic E-state index is 8.77. The second-order valence-electron chi connectivity index (χ2n) is 6.12. The van der Waals surface area contributed by atoms with Crippen molar-refractivity contribution < 1.29 is 9.47 Å². The van der Waals surface area contributed by atoms with Crippen LogP contribution in [0.15, 0.2) is 60.9 Å². The molecule has 0 aliphatic carbocycles. The molecular formula is C20H22N2O2. The Hall–Kier alpha value is -2.98. The maximum absolute atomic E-state index is 8.77. The molecule has 0 aromatic heterocycles. The molecule has 124 valence electrons. The van der Waals surface area contributed by atoms with E-state index in [4.69, 9.17) is 20.0 Å². The van der Waals surface area contributed by atoms with E-state index < -0.39 is 0 Å². The van der Waals surface area contributed by atoms with E-state index in [1.807, 2.05) is 6.07 Å². The first-order valence-corrected chi connectivity index (χ1v) is 7.58. The minimum absolute atomic E-state index is 0.0753. The summed E-state index contributed by atoms with van der Waals surface area (Å²) in [5, 5.41) is 17.4. The van der Waals surface area contributed by atoms with Gasteiger partial charge in [0.1, 0.15) is 11.5 Å². The van der Waals surface area contributed by atoms with Gasteiger partial charge in [0, 0.05) is 11.0 Å². The Morgan fingerprint density at radius 1 is 1.17 bits per heavy atom. The quantitative estimate of drug-likeness (QED) is 0.381. The molecule has 0 atom stereocenters. The summed E-state index contributed by atoms with van der Waals surface area (Å²) in [5.74, 6) is 1.24. The van der Waals surface area contributed by atoms with E-state index in [1.165, 1.54) is 0 Å². The van der Waals surface area contributed by atoms with Crippen LogP contribution in [-0.2, 0) is 4.74 Å². The minimum atomic E-state index is -0.0753. The van der Waals surface area contributed by atoms with Crippen LogP contribution in [0.3, 0.4) is 0 Å². The lowest BCUT2D eigenvalue weighted by atomic mass is 9.91. The molecular weight excluding hydrogens is 300 g/mol. The smallest absolute Gasteiger partial charge is 0.119 e. The van der Waals surface area contributed by atoms with E-state index in [0.29, 0.717) is 30.1 Å². The van der Waals surface area contributed by atoms with Gasteiger partial charge in [0.05, 0.1) is 30.9 Å². The van der Waals surface area contributed by atoms with Gasteiger partial charge in [-0.05, 0) is 42.8 Å². The molecule has 0 bridgehead atoms. The van der Waals surface area contributed by atoms with Crippen LogP contribution in [0.4, 0.5) is 0 Å². The van der Waals surface area contributed by atoms with Gasteiger partial charge in [-0.2, -0.15) is 10.5 Å².